The number of sulfone groups is 1. The van der Waals surface area contributed by atoms with E-state index in [0.29, 0.717) is 11.3 Å². The van der Waals surface area contributed by atoms with E-state index in [9.17, 15) is 13.2 Å². The van der Waals surface area contributed by atoms with E-state index in [1.54, 1.807) is 12.1 Å². The number of aromatic nitrogens is 1. The van der Waals surface area contributed by atoms with Crippen LogP contribution in [0.2, 0.25) is 0 Å². The van der Waals surface area contributed by atoms with Crippen LogP contribution in [0.5, 0.6) is 5.75 Å². The number of allylic oxidation sites excluding steroid dienone is 2. The molecule has 1 aromatic heterocycles. The van der Waals surface area contributed by atoms with Crippen LogP contribution < -0.4 is 4.74 Å². The molecule has 0 saturated carbocycles. The maximum absolute atomic E-state index is 12.7. The van der Waals surface area contributed by atoms with Gasteiger partial charge in [-0.2, -0.15) is 0 Å². The Balaban J connectivity index is 1.62. The summed E-state index contributed by atoms with van der Waals surface area (Å²) in [5.41, 5.74) is 4.27. The van der Waals surface area contributed by atoms with Crippen LogP contribution in [0.3, 0.4) is 0 Å². The van der Waals surface area contributed by atoms with Crippen LogP contribution in [0, 0.1) is 13.8 Å². The van der Waals surface area contributed by atoms with Crippen LogP contribution in [0.15, 0.2) is 46.9 Å². The summed E-state index contributed by atoms with van der Waals surface area (Å²) in [6, 6.07) is 8.06. The fraction of sp³-hybridized carbons (Fsp3) is 0.435. The molecule has 0 bridgehead atoms. The summed E-state index contributed by atoms with van der Waals surface area (Å²) < 4.78 is 30.8. The predicted molar refractivity (Wildman–Crippen MR) is 114 cm³/mol. The minimum atomic E-state index is -3.24. The van der Waals surface area contributed by atoms with Gasteiger partial charge in [-0.15, -0.1) is 0 Å². The molecule has 1 aliphatic carbocycles. The van der Waals surface area contributed by atoms with Gasteiger partial charge in [0.05, 0.1) is 4.90 Å². The normalized spacial score (nSPS) is 14.5. The van der Waals surface area contributed by atoms with E-state index in [-0.39, 0.29) is 17.3 Å². The Labute approximate surface area is 173 Å². The number of carbonyl (C=O) groups excluding carboxylic acids is 1. The van der Waals surface area contributed by atoms with Crippen molar-refractivity contribution in [1.82, 2.24) is 4.57 Å². The summed E-state index contributed by atoms with van der Waals surface area (Å²) in [4.78, 5) is 12.9. The molecule has 2 aromatic rings. The maximum Gasteiger partial charge on any atom is 0.202 e. The minimum Gasteiger partial charge on any atom is -0.485 e. The molecule has 0 saturated heterocycles. The first kappa shape index (κ1) is 21.4. The van der Waals surface area contributed by atoms with Gasteiger partial charge in [-0.05, 0) is 76.3 Å². The van der Waals surface area contributed by atoms with Crippen LogP contribution in [0.1, 0.15) is 53.8 Å². The van der Waals surface area contributed by atoms with Crippen LogP contribution in [-0.2, 0) is 16.4 Å². The molecule has 0 fully saturated rings. The molecule has 5 nitrogen and oxygen atoms in total. The van der Waals surface area contributed by atoms with E-state index in [1.165, 1.54) is 43.4 Å². The second-order valence-corrected chi connectivity index (χ2v) is 9.77. The Morgan fingerprint density at radius 2 is 1.86 bits per heavy atom. The van der Waals surface area contributed by atoms with Crippen molar-refractivity contribution in [3.63, 3.8) is 0 Å². The molecule has 29 heavy (non-hydrogen) atoms. The number of nitrogens with zero attached hydrogens (tertiary/aromatic N) is 1. The molecule has 0 radical (unpaired) electrons. The zero-order valence-corrected chi connectivity index (χ0v) is 18.2. The monoisotopic (exact) mass is 415 g/mol. The van der Waals surface area contributed by atoms with Crippen LogP contribution in [0.4, 0.5) is 0 Å². The van der Waals surface area contributed by atoms with Crippen molar-refractivity contribution in [2.45, 2.75) is 57.4 Å². The molecule has 0 aliphatic heterocycles. The highest BCUT2D eigenvalue weighted by Crippen LogP contribution is 2.23. The van der Waals surface area contributed by atoms with Gasteiger partial charge in [-0.1, -0.05) is 11.6 Å². The summed E-state index contributed by atoms with van der Waals surface area (Å²) in [5, 5.41) is 0. The molecular weight excluding hydrogens is 386 g/mol. The molecule has 3 rings (SSSR count). The van der Waals surface area contributed by atoms with E-state index in [0.717, 1.165) is 30.6 Å². The maximum atomic E-state index is 12.7. The Morgan fingerprint density at radius 1 is 1.14 bits per heavy atom. The average molecular weight is 416 g/mol. The van der Waals surface area contributed by atoms with Crippen LogP contribution >= 0.6 is 0 Å². The van der Waals surface area contributed by atoms with E-state index in [1.807, 2.05) is 19.9 Å². The van der Waals surface area contributed by atoms with Crippen LogP contribution in [-0.4, -0.2) is 31.6 Å². The summed E-state index contributed by atoms with van der Waals surface area (Å²) >= 11 is 0. The van der Waals surface area contributed by atoms with Crippen molar-refractivity contribution >= 4 is 15.6 Å². The van der Waals surface area contributed by atoms with E-state index < -0.39 is 9.84 Å². The number of aryl methyl sites for hydroxylation is 1. The first-order valence-electron chi connectivity index (χ1n) is 10.1. The lowest BCUT2D eigenvalue weighted by molar-refractivity contribution is 0.0920. The molecule has 6 heteroatoms. The Bertz CT molecular complexity index is 1010. The van der Waals surface area contributed by atoms with Crippen LogP contribution in [0.25, 0.3) is 0 Å². The number of ether oxygens (including phenoxy) is 1. The van der Waals surface area contributed by atoms with Crippen molar-refractivity contribution in [1.29, 1.82) is 0 Å². The van der Waals surface area contributed by atoms with Gasteiger partial charge in [0.25, 0.3) is 0 Å². The number of carbonyl (C=O) groups is 1. The zero-order chi connectivity index (χ0) is 21.0. The molecule has 1 aromatic carbocycles. The fourth-order valence-electron chi connectivity index (χ4n) is 3.82. The summed E-state index contributed by atoms with van der Waals surface area (Å²) in [5.74, 6) is 0.400. The quantitative estimate of drug-likeness (QED) is 0.465. The van der Waals surface area contributed by atoms with Gasteiger partial charge >= 0.3 is 0 Å². The van der Waals surface area contributed by atoms with Gasteiger partial charge in [0.1, 0.15) is 5.75 Å². The smallest absolute Gasteiger partial charge is 0.202 e. The Kier molecular flexibility index (Phi) is 6.63. The zero-order valence-electron chi connectivity index (χ0n) is 17.4. The lowest BCUT2D eigenvalue weighted by Gasteiger charge is -2.15. The largest absolute Gasteiger partial charge is 0.485 e. The fourth-order valence-corrected chi connectivity index (χ4v) is 4.45. The highest BCUT2D eigenvalue weighted by molar-refractivity contribution is 7.90. The van der Waals surface area contributed by atoms with Crippen molar-refractivity contribution in [2.75, 3.05) is 12.9 Å². The molecule has 0 N–H and O–H groups in total. The molecule has 0 atom stereocenters. The first-order valence-corrected chi connectivity index (χ1v) is 12.0. The summed E-state index contributed by atoms with van der Waals surface area (Å²) in [6.07, 6.45) is 9.51. The molecule has 1 heterocycles. The van der Waals surface area contributed by atoms with Gasteiger partial charge < -0.3 is 9.30 Å². The summed E-state index contributed by atoms with van der Waals surface area (Å²) in [7, 11) is -3.24. The predicted octanol–water partition coefficient (Wildman–Crippen LogP) is 4.66. The Hall–Kier alpha value is -2.34. The van der Waals surface area contributed by atoms with E-state index in [2.05, 4.69) is 10.6 Å². The molecule has 0 amide bonds. The topological polar surface area (TPSA) is 65.4 Å². The molecule has 0 unspecified atom stereocenters. The third-order valence-electron chi connectivity index (χ3n) is 5.54. The summed E-state index contributed by atoms with van der Waals surface area (Å²) in [6.45, 7) is 4.83. The van der Waals surface area contributed by atoms with Gasteiger partial charge in [0.2, 0.25) is 5.78 Å². The molecule has 1 aliphatic rings. The highest BCUT2D eigenvalue weighted by atomic mass is 32.2. The number of rotatable bonds is 8. The van der Waals surface area contributed by atoms with Gasteiger partial charge in [0.15, 0.2) is 16.4 Å². The third kappa shape index (κ3) is 5.38. The molecule has 0 spiro atoms. The number of Topliss-reactive ketones (excluding diaryl/α,β-unsaturated/α-hetero) is 1. The SMILES string of the molecule is Cc1cc(C(=O)COc2ccc(S(C)(=O)=O)cc2)c(C)n1CCC1=CCCCC1. The van der Waals surface area contributed by atoms with Crippen molar-refractivity contribution < 1.29 is 17.9 Å². The molecular formula is C23H29NO4S. The second-order valence-electron chi connectivity index (χ2n) is 7.75. The lowest BCUT2D eigenvalue weighted by Crippen LogP contribution is -2.13. The van der Waals surface area contributed by atoms with Crippen molar-refractivity contribution in [2.24, 2.45) is 0 Å². The highest BCUT2D eigenvalue weighted by Gasteiger charge is 2.17. The number of hydrogen-bond donors (Lipinski definition) is 0. The second kappa shape index (κ2) is 8.99. The Morgan fingerprint density at radius 3 is 2.48 bits per heavy atom. The number of hydrogen-bond acceptors (Lipinski definition) is 4. The molecule has 156 valence electrons. The van der Waals surface area contributed by atoms with Gasteiger partial charge in [0, 0.05) is 29.8 Å². The first-order chi connectivity index (χ1) is 13.8. The lowest BCUT2D eigenvalue weighted by atomic mass is 9.97. The third-order valence-corrected chi connectivity index (χ3v) is 6.67. The van der Waals surface area contributed by atoms with Crippen molar-refractivity contribution in [3.05, 3.63) is 58.9 Å². The standard InChI is InChI=1S/C23H29NO4S/c1-17-15-22(18(2)24(17)14-13-19-7-5-4-6-8-19)23(25)16-28-20-9-11-21(12-10-20)29(3,26)27/h7,9-12,15H,4-6,8,13-14,16H2,1-3H3. The van der Waals surface area contributed by atoms with Gasteiger partial charge in [-0.3, -0.25) is 4.79 Å². The number of benzene rings is 1. The average Bonchev–Trinajstić information content (AvgIpc) is 2.98. The van der Waals surface area contributed by atoms with Crippen molar-refractivity contribution in [3.8, 4) is 5.75 Å². The minimum absolute atomic E-state index is 0.0755. The van der Waals surface area contributed by atoms with E-state index in [4.69, 9.17) is 4.74 Å². The van der Waals surface area contributed by atoms with Gasteiger partial charge in [-0.25, -0.2) is 8.42 Å². The van der Waals surface area contributed by atoms with E-state index >= 15 is 0 Å². The number of ketones is 1.